The molecule has 0 bridgehead atoms. The second kappa shape index (κ2) is 8.86. The van der Waals surface area contributed by atoms with Crippen molar-refractivity contribution in [2.75, 3.05) is 13.7 Å². The molecule has 8 heteroatoms. The molecule has 1 aliphatic rings. The van der Waals surface area contributed by atoms with Gasteiger partial charge in [0.2, 0.25) is 5.76 Å². The number of nitrogens with one attached hydrogen (secondary N) is 1. The summed E-state index contributed by atoms with van der Waals surface area (Å²) in [5, 5.41) is 3.47. The van der Waals surface area contributed by atoms with Crippen molar-refractivity contribution < 1.29 is 18.8 Å². The molecule has 1 aliphatic heterocycles. The van der Waals surface area contributed by atoms with Crippen molar-refractivity contribution in [1.82, 2.24) is 10.1 Å². The zero-order valence-electron chi connectivity index (χ0n) is 19.3. The molecule has 1 unspecified atom stereocenters. The normalized spacial score (nSPS) is 15.8. The minimum atomic E-state index is -1.43. The van der Waals surface area contributed by atoms with Crippen LogP contribution in [0, 0.1) is 0 Å². The number of ketones is 1. The average molecular weight is 465 g/mol. The Bertz CT molecular complexity index is 1240. The fourth-order valence-electron chi connectivity index (χ4n) is 4.25. The van der Waals surface area contributed by atoms with Crippen molar-refractivity contribution in [3.05, 3.63) is 81.3 Å². The zero-order valence-corrected chi connectivity index (χ0v) is 20.3. The Labute approximate surface area is 193 Å². The predicted molar refractivity (Wildman–Crippen MR) is 128 cm³/mol. The number of rotatable bonds is 6. The molecule has 3 aromatic rings. The highest BCUT2D eigenvalue weighted by Gasteiger charge is 2.37. The first-order valence-corrected chi connectivity index (χ1v) is 14.5. The monoisotopic (exact) mass is 464 g/mol. The number of ether oxygens (including phenoxy) is 1. The van der Waals surface area contributed by atoms with Gasteiger partial charge in [0, 0.05) is 13.0 Å². The number of carbonyl (C=O) groups excluding carboxylic acids is 2. The SMILES string of the molecule is COc1ccc2c(c1)CCN(C(=O)c1cc(=O)[nH]o1)C2C(=O)Cc1ccc([Si](C)(C)C)cc1. The van der Waals surface area contributed by atoms with E-state index in [0.717, 1.165) is 22.8 Å². The number of Topliss-reactive ketones (excluding diaryl/α,β-unsaturated/α-hetero) is 1. The molecule has 2 aromatic carbocycles. The number of nitrogens with zero attached hydrogens (tertiary/aromatic N) is 1. The summed E-state index contributed by atoms with van der Waals surface area (Å²) < 4.78 is 10.4. The zero-order chi connectivity index (χ0) is 23.8. The maximum Gasteiger partial charge on any atom is 0.293 e. The van der Waals surface area contributed by atoms with E-state index in [1.165, 1.54) is 10.1 Å². The predicted octanol–water partition coefficient (Wildman–Crippen LogP) is 3.07. The molecule has 0 aliphatic carbocycles. The summed E-state index contributed by atoms with van der Waals surface area (Å²) in [5.41, 5.74) is 2.16. The van der Waals surface area contributed by atoms with Gasteiger partial charge in [-0.25, -0.2) is 0 Å². The standard InChI is InChI=1S/C25H28N2O5Si/c1-31-18-7-10-20-17(14-18)11-12-27(25(30)22-15-23(29)26-32-22)24(20)21(28)13-16-5-8-19(9-6-16)33(2,3)4/h5-10,14-15,24H,11-13H2,1-4H3,(H,26,29). The highest BCUT2D eigenvalue weighted by Crippen LogP contribution is 2.34. The minimum Gasteiger partial charge on any atom is -0.497 e. The van der Waals surface area contributed by atoms with E-state index in [1.807, 2.05) is 24.3 Å². The van der Waals surface area contributed by atoms with Crippen molar-refractivity contribution in [1.29, 1.82) is 0 Å². The number of aromatic amines is 1. The van der Waals surface area contributed by atoms with Crippen molar-refractivity contribution >= 4 is 25.0 Å². The molecule has 2 heterocycles. The lowest BCUT2D eigenvalue weighted by Crippen LogP contribution is -2.44. The van der Waals surface area contributed by atoms with Gasteiger partial charge in [-0.2, -0.15) is 5.16 Å². The number of methoxy groups -OCH3 is 1. The van der Waals surface area contributed by atoms with Gasteiger partial charge in [-0.3, -0.25) is 14.4 Å². The lowest BCUT2D eigenvalue weighted by molar-refractivity contribution is -0.123. The van der Waals surface area contributed by atoms with Gasteiger partial charge in [-0.05, 0) is 35.2 Å². The molecule has 33 heavy (non-hydrogen) atoms. The van der Waals surface area contributed by atoms with Gasteiger partial charge in [0.1, 0.15) is 11.8 Å². The Balaban J connectivity index is 1.67. The molecule has 4 rings (SSSR count). The minimum absolute atomic E-state index is 0.0897. The van der Waals surface area contributed by atoms with Crippen LogP contribution < -0.4 is 15.5 Å². The van der Waals surface area contributed by atoms with Crippen molar-refractivity contribution in [2.45, 2.75) is 38.5 Å². The fraction of sp³-hybridized carbons (Fsp3) is 0.320. The molecule has 172 valence electrons. The van der Waals surface area contributed by atoms with E-state index < -0.39 is 25.6 Å². The first-order chi connectivity index (χ1) is 15.7. The van der Waals surface area contributed by atoms with E-state index in [-0.39, 0.29) is 18.0 Å². The molecule has 1 atom stereocenters. The second-order valence-electron chi connectivity index (χ2n) is 9.38. The summed E-state index contributed by atoms with van der Waals surface area (Å²) in [4.78, 5) is 39.8. The molecule has 1 N–H and O–H groups in total. The number of amides is 1. The highest BCUT2D eigenvalue weighted by molar-refractivity contribution is 6.88. The van der Waals surface area contributed by atoms with Crippen LogP contribution in [0.3, 0.4) is 0 Å². The van der Waals surface area contributed by atoms with Crippen LogP contribution in [-0.4, -0.2) is 43.5 Å². The number of aromatic nitrogens is 1. The van der Waals surface area contributed by atoms with Gasteiger partial charge in [0.05, 0.1) is 21.3 Å². The van der Waals surface area contributed by atoms with Crippen LogP contribution in [0.25, 0.3) is 0 Å². The van der Waals surface area contributed by atoms with E-state index in [0.29, 0.717) is 18.7 Å². The number of hydrogen-bond acceptors (Lipinski definition) is 5. The van der Waals surface area contributed by atoms with Gasteiger partial charge >= 0.3 is 0 Å². The van der Waals surface area contributed by atoms with Gasteiger partial charge in [0.15, 0.2) is 5.78 Å². The van der Waals surface area contributed by atoms with Crippen LogP contribution in [-0.2, 0) is 17.6 Å². The van der Waals surface area contributed by atoms with Gasteiger partial charge < -0.3 is 14.2 Å². The van der Waals surface area contributed by atoms with Crippen LogP contribution in [0.1, 0.15) is 33.3 Å². The quantitative estimate of drug-likeness (QED) is 0.566. The third kappa shape index (κ3) is 4.71. The maximum absolute atomic E-state index is 13.6. The number of benzene rings is 2. The van der Waals surface area contributed by atoms with Crippen LogP contribution in [0.4, 0.5) is 0 Å². The highest BCUT2D eigenvalue weighted by atomic mass is 28.3. The Morgan fingerprint density at radius 3 is 2.45 bits per heavy atom. The molecular weight excluding hydrogens is 436 g/mol. The van der Waals surface area contributed by atoms with Gasteiger partial charge in [0.25, 0.3) is 11.5 Å². The van der Waals surface area contributed by atoms with Crippen molar-refractivity contribution in [2.24, 2.45) is 0 Å². The summed E-state index contributed by atoms with van der Waals surface area (Å²) in [5.74, 6) is 0.0305. The van der Waals surface area contributed by atoms with E-state index in [2.05, 4.69) is 36.9 Å². The second-order valence-corrected chi connectivity index (χ2v) is 14.5. The van der Waals surface area contributed by atoms with Crippen LogP contribution in [0.15, 0.2) is 57.8 Å². The first-order valence-electron chi connectivity index (χ1n) is 11.0. The lowest BCUT2D eigenvalue weighted by Gasteiger charge is -2.36. The van der Waals surface area contributed by atoms with Crippen molar-refractivity contribution in [3.8, 4) is 5.75 Å². The van der Waals surface area contributed by atoms with Crippen LogP contribution >= 0.6 is 0 Å². The third-order valence-electron chi connectivity index (χ3n) is 6.08. The Hall–Kier alpha value is -3.39. The van der Waals surface area contributed by atoms with E-state index in [1.54, 1.807) is 13.2 Å². The van der Waals surface area contributed by atoms with E-state index in [9.17, 15) is 14.4 Å². The summed E-state index contributed by atoms with van der Waals surface area (Å²) in [6, 6.07) is 14.1. The molecule has 0 radical (unpaired) electrons. The molecule has 1 aromatic heterocycles. The smallest absolute Gasteiger partial charge is 0.293 e. The Morgan fingerprint density at radius 1 is 1.12 bits per heavy atom. The number of hydrogen-bond donors (Lipinski definition) is 1. The lowest BCUT2D eigenvalue weighted by atomic mass is 9.87. The van der Waals surface area contributed by atoms with Crippen LogP contribution in [0.2, 0.25) is 19.6 Å². The van der Waals surface area contributed by atoms with Gasteiger partial charge in [-0.1, -0.05) is 55.2 Å². The molecular formula is C25H28N2O5Si. The molecule has 0 saturated carbocycles. The molecule has 1 amide bonds. The average Bonchev–Trinajstić information content (AvgIpc) is 3.23. The molecule has 0 fully saturated rings. The number of carbonyl (C=O) groups is 2. The van der Waals surface area contributed by atoms with Crippen LogP contribution in [0.5, 0.6) is 5.75 Å². The molecule has 7 nitrogen and oxygen atoms in total. The maximum atomic E-state index is 13.6. The largest absolute Gasteiger partial charge is 0.497 e. The summed E-state index contributed by atoms with van der Waals surface area (Å²) in [6.07, 6.45) is 0.768. The Morgan fingerprint density at radius 2 is 1.85 bits per heavy atom. The number of H-pyrrole nitrogens is 1. The van der Waals surface area contributed by atoms with Crippen molar-refractivity contribution in [3.63, 3.8) is 0 Å². The van der Waals surface area contributed by atoms with E-state index in [4.69, 9.17) is 9.26 Å². The summed E-state index contributed by atoms with van der Waals surface area (Å²) in [6.45, 7) is 7.18. The fourth-order valence-corrected chi connectivity index (χ4v) is 5.41. The van der Waals surface area contributed by atoms with E-state index >= 15 is 0 Å². The molecule has 0 spiro atoms. The summed E-state index contributed by atoms with van der Waals surface area (Å²) >= 11 is 0. The first kappa shape index (κ1) is 22.8. The Kier molecular flexibility index (Phi) is 6.12. The summed E-state index contributed by atoms with van der Waals surface area (Å²) in [7, 11) is 0.163. The molecule has 0 saturated heterocycles. The third-order valence-corrected chi connectivity index (χ3v) is 8.14. The van der Waals surface area contributed by atoms with Gasteiger partial charge in [-0.15, -0.1) is 0 Å². The topological polar surface area (TPSA) is 92.6 Å². The number of fused-ring (bicyclic) bond motifs is 1.